The average Bonchev–Trinajstić information content (AvgIpc) is 3.60. The number of allylic oxidation sites excluding steroid dienone is 1. The lowest BCUT2D eigenvalue weighted by Crippen LogP contribution is -2.49. The van der Waals surface area contributed by atoms with Gasteiger partial charge in [0.1, 0.15) is 0 Å². The van der Waals surface area contributed by atoms with Crippen molar-refractivity contribution in [1.82, 2.24) is 19.6 Å². The summed E-state index contributed by atoms with van der Waals surface area (Å²) in [5.74, 6) is -1.28. The molecule has 1 saturated carbocycles. The number of aliphatic hydroxyl groups is 2. The van der Waals surface area contributed by atoms with Crippen molar-refractivity contribution in [3.63, 3.8) is 0 Å². The molecule has 2 heterocycles. The summed E-state index contributed by atoms with van der Waals surface area (Å²) >= 11 is 0. The van der Waals surface area contributed by atoms with Gasteiger partial charge in [-0.05, 0) is 80.9 Å². The first-order valence-corrected chi connectivity index (χ1v) is 18.5. The zero-order valence-corrected chi connectivity index (χ0v) is 30.1. The Bertz CT molecular complexity index is 1810. The van der Waals surface area contributed by atoms with Crippen molar-refractivity contribution in [2.45, 2.75) is 96.1 Å². The number of nitrogens with one attached hydrogen (secondary N) is 1. The summed E-state index contributed by atoms with van der Waals surface area (Å²) in [6.45, 7) is 7.62. The fourth-order valence-electron chi connectivity index (χ4n) is 7.56. The lowest BCUT2D eigenvalue weighted by molar-refractivity contribution is -0.118. The van der Waals surface area contributed by atoms with E-state index in [1.165, 1.54) is 5.57 Å². The van der Waals surface area contributed by atoms with Crippen molar-refractivity contribution in [2.75, 3.05) is 31.6 Å². The second-order valence-corrected chi connectivity index (χ2v) is 14.2. The van der Waals surface area contributed by atoms with Gasteiger partial charge in [0.15, 0.2) is 5.69 Å². The number of nitrogens with zero attached hydrogens (tertiary/aromatic N) is 4. The maximum absolute atomic E-state index is 14.9. The molecule has 3 atom stereocenters. The van der Waals surface area contributed by atoms with Crippen LogP contribution in [0.1, 0.15) is 110 Å². The zero-order valence-electron chi connectivity index (χ0n) is 30.1. The van der Waals surface area contributed by atoms with E-state index in [0.29, 0.717) is 60.8 Å². The van der Waals surface area contributed by atoms with E-state index in [1.54, 1.807) is 33.8 Å². The van der Waals surface area contributed by atoms with Gasteiger partial charge in [-0.1, -0.05) is 74.7 Å². The van der Waals surface area contributed by atoms with E-state index in [2.05, 4.69) is 31.3 Å². The number of carbonyl (C=O) groups is 3. The molecule has 3 aromatic rings. The van der Waals surface area contributed by atoms with E-state index in [-0.39, 0.29) is 30.7 Å². The molecule has 3 amide bonds. The Labute approximate surface area is 300 Å². The quantitative estimate of drug-likeness (QED) is 0.181. The topological polar surface area (TPSA) is 128 Å². The largest absolute Gasteiger partial charge is 0.396 e. The number of amides is 3. The van der Waals surface area contributed by atoms with Gasteiger partial charge in [0.05, 0.1) is 28.8 Å². The molecular weight excluding hydrogens is 642 g/mol. The highest BCUT2D eigenvalue weighted by Gasteiger charge is 2.61. The van der Waals surface area contributed by atoms with Gasteiger partial charge in [0.2, 0.25) is 5.91 Å². The fraction of sp³-hybridized carbons (Fsp3) is 0.463. The Balaban J connectivity index is 1.38. The maximum atomic E-state index is 14.9. The van der Waals surface area contributed by atoms with Crippen molar-refractivity contribution in [1.29, 1.82) is 0 Å². The summed E-state index contributed by atoms with van der Waals surface area (Å²) in [7, 11) is 0. The van der Waals surface area contributed by atoms with Crippen LogP contribution in [0.3, 0.4) is 0 Å². The lowest BCUT2D eigenvalue weighted by Gasteiger charge is -2.40. The first-order chi connectivity index (χ1) is 24.7. The molecule has 1 fully saturated rings. The average molecular weight is 694 g/mol. The predicted molar refractivity (Wildman–Crippen MR) is 198 cm³/mol. The van der Waals surface area contributed by atoms with Crippen molar-refractivity contribution >= 4 is 23.4 Å². The zero-order chi connectivity index (χ0) is 36.1. The van der Waals surface area contributed by atoms with Crippen LogP contribution in [0.5, 0.6) is 0 Å². The molecule has 6 rings (SSSR count). The van der Waals surface area contributed by atoms with E-state index >= 15 is 0 Å². The second kappa shape index (κ2) is 15.8. The Hall–Kier alpha value is -4.54. The smallest absolute Gasteiger partial charge is 0.274 e. The van der Waals surface area contributed by atoms with E-state index in [4.69, 9.17) is 5.10 Å². The number of carbonyl (C=O) groups excluding carboxylic acids is 3. The van der Waals surface area contributed by atoms with Gasteiger partial charge in [0.25, 0.3) is 11.8 Å². The minimum Gasteiger partial charge on any atom is -0.396 e. The molecule has 3 aliphatic rings. The highest BCUT2D eigenvalue weighted by atomic mass is 16.3. The van der Waals surface area contributed by atoms with E-state index in [1.807, 2.05) is 42.2 Å². The molecule has 0 radical (unpaired) electrons. The molecule has 1 aliphatic heterocycles. The molecule has 1 aromatic heterocycles. The minimum absolute atomic E-state index is 0.133. The van der Waals surface area contributed by atoms with Crippen LogP contribution in [-0.4, -0.2) is 85.4 Å². The van der Waals surface area contributed by atoms with Crippen LogP contribution >= 0.6 is 0 Å². The maximum Gasteiger partial charge on any atom is 0.274 e. The summed E-state index contributed by atoms with van der Waals surface area (Å²) in [5, 5.41) is 28.6. The highest BCUT2D eigenvalue weighted by Crippen LogP contribution is 2.52. The molecule has 2 aromatic carbocycles. The first kappa shape index (κ1) is 36.3. The summed E-state index contributed by atoms with van der Waals surface area (Å²) < 4.78 is 1.65. The third-order valence-electron chi connectivity index (χ3n) is 10.6. The number of hydrogen-bond acceptors (Lipinski definition) is 6. The Kier molecular flexibility index (Phi) is 11.2. The summed E-state index contributed by atoms with van der Waals surface area (Å²) in [4.78, 5) is 46.0. The van der Waals surface area contributed by atoms with Crippen LogP contribution in [-0.2, 0) is 4.79 Å². The molecule has 0 saturated heterocycles. The molecule has 3 N–H and O–H groups in total. The number of rotatable bonds is 14. The SMILES string of the molecule is CCCCN(CCCC)C(=O)c1cc(C)n(-c2ccc(NC(=O)C(CCO)c3ccccc3)cc2C(=O)N2CC3=C(CCC=C3)CC23CC3O)n1. The van der Waals surface area contributed by atoms with Crippen LogP contribution in [0.25, 0.3) is 5.69 Å². The fourth-order valence-corrected chi connectivity index (χ4v) is 7.56. The first-order valence-electron chi connectivity index (χ1n) is 18.5. The number of anilines is 1. The molecular formula is C41H51N5O5. The third kappa shape index (κ3) is 7.58. The lowest BCUT2D eigenvalue weighted by atomic mass is 9.85. The second-order valence-electron chi connectivity index (χ2n) is 14.2. The van der Waals surface area contributed by atoms with Gasteiger partial charge >= 0.3 is 0 Å². The molecule has 10 heteroatoms. The van der Waals surface area contributed by atoms with Crippen molar-refractivity contribution in [2.24, 2.45) is 0 Å². The van der Waals surface area contributed by atoms with Crippen molar-refractivity contribution in [3.05, 3.63) is 100 Å². The van der Waals surface area contributed by atoms with Crippen LogP contribution < -0.4 is 5.32 Å². The summed E-state index contributed by atoms with van der Waals surface area (Å²) in [6.07, 6.45) is 10.7. The number of aryl methyl sites for hydroxylation is 1. The summed E-state index contributed by atoms with van der Waals surface area (Å²) in [5.41, 5.74) is 4.78. The Morgan fingerprint density at radius 1 is 1.06 bits per heavy atom. The number of unbranched alkanes of at least 4 members (excludes halogenated alkanes) is 2. The molecule has 270 valence electrons. The van der Waals surface area contributed by atoms with Gasteiger partial charge in [-0.15, -0.1) is 0 Å². The standard InChI is InChI=1S/C41H51N5O5/c1-4-6-20-44(21-7-5-2)40(51)35-23-28(3)46(43-35)36-18-17-32(42-38(49)33(19-22-47)29-13-9-8-10-14-29)24-34(36)39(50)45-27-31-16-12-11-15-30(31)25-41(45)26-37(41)48/h8-10,12-14,16-18,23-24,33,37,47-48H,4-7,11,15,19-22,25-27H2,1-3H3,(H,42,49). The van der Waals surface area contributed by atoms with Crippen LogP contribution in [0.4, 0.5) is 5.69 Å². The van der Waals surface area contributed by atoms with Gasteiger partial charge in [-0.2, -0.15) is 5.10 Å². The predicted octanol–water partition coefficient (Wildman–Crippen LogP) is 6.32. The van der Waals surface area contributed by atoms with E-state index < -0.39 is 17.6 Å². The van der Waals surface area contributed by atoms with Crippen LogP contribution in [0, 0.1) is 6.92 Å². The van der Waals surface area contributed by atoms with Crippen LogP contribution in [0.15, 0.2) is 77.9 Å². The van der Waals surface area contributed by atoms with Gasteiger partial charge in [-0.25, -0.2) is 4.68 Å². The minimum atomic E-state index is -0.670. The van der Waals surface area contributed by atoms with E-state index in [9.17, 15) is 24.6 Å². The van der Waals surface area contributed by atoms with E-state index in [0.717, 1.165) is 49.7 Å². The van der Waals surface area contributed by atoms with Gasteiger partial charge < -0.3 is 25.3 Å². The van der Waals surface area contributed by atoms with Crippen LogP contribution in [0.2, 0.25) is 0 Å². The molecule has 1 spiro atoms. The molecule has 51 heavy (non-hydrogen) atoms. The molecule has 0 bridgehead atoms. The molecule has 10 nitrogen and oxygen atoms in total. The number of aliphatic hydroxyl groups excluding tert-OH is 2. The third-order valence-corrected chi connectivity index (χ3v) is 10.6. The van der Waals surface area contributed by atoms with Gasteiger partial charge in [-0.3, -0.25) is 14.4 Å². The Morgan fingerprint density at radius 3 is 2.45 bits per heavy atom. The number of aromatic nitrogens is 2. The Morgan fingerprint density at radius 2 is 1.78 bits per heavy atom. The normalized spacial score (nSPS) is 19.9. The highest BCUT2D eigenvalue weighted by molar-refractivity contribution is 6.02. The molecule has 3 unspecified atom stereocenters. The number of benzene rings is 2. The van der Waals surface area contributed by atoms with Gasteiger partial charge in [0, 0.05) is 44.0 Å². The monoisotopic (exact) mass is 693 g/mol. The van der Waals surface area contributed by atoms with Crippen molar-refractivity contribution < 1.29 is 24.6 Å². The van der Waals surface area contributed by atoms with Crippen molar-refractivity contribution in [3.8, 4) is 5.69 Å². The number of hydrogen-bond donors (Lipinski definition) is 3. The summed E-state index contributed by atoms with van der Waals surface area (Å²) in [6, 6.07) is 16.3. The molecule has 2 aliphatic carbocycles.